The van der Waals surface area contributed by atoms with Crippen LogP contribution in [0.2, 0.25) is 0 Å². The summed E-state index contributed by atoms with van der Waals surface area (Å²) in [7, 11) is 1.65. The molecule has 1 saturated heterocycles. The minimum absolute atomic E-state index is 0.291. The van der Waals surface area contributed by atoms with Crippen LogP contribution in [0.25, 0.3) is 0 Å². The van der Waals surface area contributed by atoms with Crippen LogP contribution in [-0.4, -0.2) is 41.2 Å². The molecule has 1 saturated carbocycles. The van der Waals surface area contributed by atoms with Gasteiger partial charge in [-0.1, -0.05) is 0 Å². The van der Waals surface area contributed by atoms with Gasteiger partial charge in [-0.2, -0.15) is 0 Å². The molecule has 1 N–H and O–H groups in total. The van der Waals surface area contributed by atoms with Gasteiger partial charge < -0.3 is 14.7 Å². The lowest BCUT2D eigenvalue weighted by atomic mass is 10.1. The molecule has 1 aromatic heterocycles. The highest BCUT2D eigenvalue weighted by Gasteiger charge is 2.31. The second-order valence-electron chi connectivity index (χ2n) is 5.55. The van der Waals surface area contributed by atoms with Crippen molar-refractivity contribution in [2.75, 3.05) is 25.1 Å². The predicted octanol–water partition coefficient (Wildman–Crippen LogP) is 1.41. The number of methoxy groups -OCH3 is 1. The average molecular weight is 277 g/mol. The zero-order valence-corrected chi connectivity index (χ0v) is 11.6. The fraction of sp³-hybridized carbons (Fsp3) is 0.643. The molecule has 3 rings (SSSR count). The van der Waals surface area contributed by atoms with E-state index in [0.29, 0.717) is 25.5 Å². The van der Waals surface area contributed by atoms with Gasteiger partial charge in [0, 0.05) is 32.2 Å². The van der Waals surface area contributed by atoms with Crippen LogP contribution in [0.4, 0.5) is 5.82 Å². The third-order valence-electron chi connectivity index (χ3n) is 3.88. The number of hydrogen-bond acceptors (Lipinski definition) is 5. The molecule has 1 aliphatic heterocycles. The molecule has 2 fully saturated rings. The van der Waals surface area contributed by atoms with E-state index in [4.69, 9.17) is 9.84 Å². The number of aliphatic carboxylic acids is 1. The molecule has 0 unspecified atom stereocenters. The number of anilines is 1. The maximum atomic E-state index is 11.1. The van der Waals surface area contributed by atoms with Crippen molar-refractivity contribution in [3.63, 3.8) is 0 Å². The topological polar surface area (TPSA) is 75.5 Å². The van der Waals surface area contributed by atoms with E-state index in [1.54, 1.807) is 7.11 Å². The highest BCUT2D eigenvalue weighted by Crippen LogP contribution is 2.39. The van der Waals surface area contributed by atoms with Gasteiger partial charge in [0.05, 0.1) is 18.2 Å². The van der Waals surface area contributed by atoms with Gasteiger partial charge in [0.2, 0.25) is 0 Å². The van der Waals surface area contributed by atoms with Crippen LogP contribution in [-0.2, 0) is 16.1 Å². The summed E-state index contributed by atoms with van der Waals surface area (Å²) in [6.07, 6.45) is 2.97. The molecular weight excluding hydrogens is 258 g/mol. The summed E-state index contributed by atoms with van der Waals surface area (Å²) in [5.41, 5.74) is 0.873. The summed E-state index contributed by atoms with van der Waals surface area (Å²) in [6.45, 7) is 1.73. The smallest absolute Gasteiger partial charge is 0.308 e. The molecule has 0 radical (unpaired) electrons. The molecule has 0 bridgehead atoms. The highest BCUT2D eigenvalue weighted by atomic mass is 16.5. The van der Waals surface area contributed by atoms with Crippen molar-refractivity contribution in [3.05, 3.63) is 17.6 Å². The molecule has 0 spiro atoms. The number of carboxylic acids is 1. The van der Waals surface area contributed by atoms with E-state index < -0.39 is 5.97 Å². The Labute approximate surface area is 117 Å². The van der Waals surface area contributed by atoms with Crippen molar-refractivity contribution in [3.8, 4) is 0 Å². The zero-order chi connectivity index (χ0) is 14.1. The number of carboxylic acid groups (broad SMARTS) is 1. The second kappa shape index (κ2) is 5.36. The molecule has 0 amide bonds. The molecule has 1 aromatic rings. The summed E-state index contributed by atoms with van der Waals surface area (Å²) in [5.74, 6) is 1.19. The van der Waals surface area contributed by atoms with Gasteiger partial charge in [-0.25, -0.2) is 9.97 Å². The maximum absolute atomic E-state index is 11.1. The minimum Gasteiger partial charge on any atom is -0.481 e. The summed E-state index contributed by atoms with van der Waals surface area (Å²) >= 11 is 0. The first-order valence-corrected chi connectivity index (χ1v) is 7.02. The Morgan fingerprint density at radius 2 is 2.25 bits per heavy atom. The lowest BCUT2D eigenvalue weighted by Crippen LogP contribution is -2.24. The predicted molar refractivity (Wildman–Crippen MR) is 72.7 cm³/mol. The van der Waals surface area contributed by atoms with E-state index in [0.717, 1.165) is 36.7 Å². The summed E-state index contributed by atoms with van der Waals surface area (Å²) in [5, 5.41) is 9.09. The second-order valence-corrected chi connectivity index (χ2v) is 5.55. The lowest BCUT2D eigenvalue weighted by molar-refractivity contribution is -0.140. The number of hydrogen-bond donors (Lipinski definition) is 1. The molecule has 1 aliphatic carbocycles. The summed E-state index contributed by atoms with van der Waals surface area (Å²) < 4.78 is 5.16. The van der Waals surface area contributed by atoms with Gasteiger partial charge in [-0.05, 0) is 19.3 Å². The van der Waals surface area contributed by atoms with Gasteiger partial charge in [-0.15, -0.1) is 0 Å². The van der Waals surface area contributed by atoms with Gasteiger partial charge in [0.25, 0.3) is 0 Å². The summed E-state index contributed by atoms with van der Waals surface area (Å²) in [4.78, 5) is 22.3. The first kappa shape index (κ1) is 13.3. The average Bonchev–Trinajstić information content (AvgIpc) is 3.15. The molecule has 108 valence electrons. The Hall–Kier alpha value is -1.69. The number of ether oxygens (including phenoxy) is 1. The quantitative estimate of drug-likeness (QED) is 0.877. The standard InChI is InChI=1S/C14H19N3O3/c1-20-8-11-6-12(16-13(15-11)9-2-3-9)17-5-4-10(7-17)14(18)19/h6,9-10H,2-5,7-8H2,1H3,(H,18,19)/t10-/m0/s1. The molecule has 20 heavy (non-hydrogen) atoms. The van der Waals surface area contributed by atoms with Crippen molar-refractivity contribution in [2.45, 2.75) is 31.8 Å². The van der Waals surface area contributed by atoms with Crippen molar-refractivity contribution in [1.29, 1.82) is 0 Å². The molecule has 6 nitrogen and oxygen atoms in total. The number of nitrogens with zero attached hydrogens (tertiary/aromatic N) is 3. The normalized spacial score (nSPS) is 22.2. The zero-order valence-electron chi connectivity index (χ0n) is 11.6. The van der Waals surface area contributed by atoms with Crippen molar-refractivity contribution < 1.29 is 14.6 Å². The van der Waals surface area contributed by atoms with Crippen LogP contribution in [0.15, 0.2) is 6.07 Å². The first-order chi connectivity index (χ1) is 9.67. The Kier molecular flexibility index (Phi) is 3.56. The third kappa shape index (κ3) is 2.75. The van der Waals surface area contributed by atoms with Crippen molar-refractivity contribution >= 4 is 11.8 Å². The van der Waals surface area contributed by atoms with E-state index in [1.807, 2.05) is 11.0 Å². The molecular formula is C14H19N3O3. The van der Waals surface area contributed by atoms with E-state index in [9.17, 15) is 4.79 Å². The molecule has 1 atom stereocenters. The maximum Gasteiger partial charge on any atom is 0.308 e. The number of aromatic nitrogens is 2. The number of rotatable bonds is 5. The molecule has 2 aliphatic rings. The lowest BCUT2D eigenvalue weighted by Gasteiger charge is -2.18. The van der Waals surface area contributed by atoms with Crippen molar-refractivity contribution in [1.82, 2.24) is 9.97 Å². The number of carbonyl (C=O) groups is 1. The van der Waals surface area contributed by atoms with Gasteiger partial charge in [0.15, 0.2) is 0 Å². The molecule has 0 aromatic carbocycles. The van der Waals surface area contributed by atoms with Gasteiger partial charge >= 0.3 is 5.97 Å². The minimum atomic E-state index is -0.721. The van der Waals surface area contributed by atoms with Crippen LogP contribution in [0, 0.1) is 5.92 Å². The fourth-order valence-electron chi connectivity index (χ4n) is 2.58. The molecule has 6 heteroatoms. The van der Waals surface area contributed by atoms with Gasteiger partial charge in [-0.3, -0.25) is 4.79 Å². The fourth-order valence-corrected chi connectivity index (χ4v) is 2.58. The third-order valence-corrected chi connectivity index (χ3v) is 3.88. The highest BCUT2D eigenvalue weighted by molar-refractivity contribution is 5.71. The Balaban J connectivity index is 1.83. The van der Waals surface area contributed by atoms with E-state index in [1.165, 1.54) is 0 Å². The van der Waals surface area contributed by atoms with Crippen LogP contribution in [0.3, 0.4) is 0 Å². The van der Waals surface area contributed by atoms with Crippen LogP contribution < -0.4 is 4.90 Å². The van der Waals surface area contributed by atoms with E-state index >= 15 is 0 Å². The van der Waals surface area contributed by atoms with E-state index in [2.05, 4.69) is 9.97 Å². The molecule has 2 heterocycles. The SMILES string of the molecule is COCc1cc(N2CC[C@H](C(=O)O)C2)nc(C2CC2)n1. The van der Waals surface area contributed by atoms with E-state index in [-0.39, 0.29) is 5.92 Å². The first-order valence-electron chi connectivity index (χ1n) is 7.02. The van der Waals surface area contributed by atoms with Crippen LogP contribution in [0.1, 0.15) is 36.7 Å². The van der Waals surface area contributed by atoms with Gasteiger partial charge in [0.1, 0.15) is 11.6 Å². The monoisotopic (exact) mass is 277 g/mol. The Bertz CT molecular complexity index is 516. The Morgan fingerprint density at radius 1 is 1.45 bits per heavy atom. The summed E-state index contributed by atoms with van der Waals surface area (Å²) in [6, 6.07) is 1.92. The van der Waals surface area contributed by atoms with Crippen LogP contribution in [0.5, 0.6) is 0 Å². The largest absolute Gasteiger partial charge is 0.481 e. The van der Waals surface area contributed by atoms with Crippen LogP contribution >= 0.6 is 0 Å². The Morgan fingerprint density at radius 3 is 2.85 bits per heavy atom. The van der Waals surface area contributed by atoms with Crippen molar-refractivity contribution in [2.24, 2.45) is 5.92 Å².